The summed E-state index contributed by atoms with van der Waals surface area (Å²) in [5.41, 5.74) is 1.30. The van der Waals surface area contributed by atoms with Gasteiger partial charge in [-0.3, -0.25) is 9.69 Å². The van der Waals surface area contributed by atoms with E-state index < -0.39 is 0 Å². The molecule has 106 valence electrons. The van der Waals surface area contributed by atoms with Gasteiger partial charge in [-0.05, 0) is 25.5 Å². The van der Waals surface area contributed by atoms with Crippen LogP contribution >= 0.6 is 0 Å². The first-order valence-corrected chi connectivity index (χ1v) is 7.21. The van der Waals surface area contributed by atoms with Crippen molar-refractivity contribution in [3.8, 4) is 0 Å². The third kappa shape index (κ3) is 6.39. The normalized spacial score (nSPS) is 12.4. The lowest BCUT2D eigenvalue weighted by molar-refractivity contribution is -0.122. The van der Waals surface area contributed by atoms with Crippen LogP contribution < -0.4 is 5.32 Å². The third-order valence-electron chi connectivity index (χ3n) is 3.37. The second-order valence-corrected chi connectivity index (χ2v) is 4.98. The Morgan fingerprint density at radius 3 is 2.53 bits per heavy atom. The zero-order valence-corrected chi connectivity index (χ0v) is 12.4. The van der Waals surface area contributed by atoms with Gasteiger partial charge >= 0.3 is 0 Å². The summed E-state index contributed by atoms with van der Waals surface area (Å²) >= 11 is 0. The minimum atomic E-state index is 0.154. The van der Waals surface area contributed by atoms with E-state index in [1.165, 1.54) is 5.56 Å². The van der Waals surface area contributed by atoms with Crippen molar-refractivity contribution in [1.82, 2.24) is 10.2 Å². The minimum Gasteiger partial charge on any atom is -0.354 e. The molecule has 1 aromatic rings. The summed E-state index contributed by atoms with van der Waals surface area (Å²) in [5.74, 6) is 0.154. The van der Waals surface area contributed by atoms with Crippen LogP contribution in [0.1, 0.15) is 39.2 Å². The van der Waals surface area contributed by atoms with E-state index in [2.05, 4.69) is 48.3 Å². The fourth-order valence-corrected chi connectivity index (χ4v) is 1.90. The number of hydrogen-bond acceptors (Lipinski definition) is 2. The average molecular weight is 262 g/mol. The Labute approximate surface area is 117 Å². The molecule has 0 aliphatic heterocycles. The molecule has 1 amide bonds. The largest absolute Gasteiger partial charge is 0.354 e. The first-order chi connectivity index (χ1) is 9.15. The van der Waals surface area contributed by atoms with Gasteiger partial charge in [0.1, 0.15) is 0 Å². The van der Waals surface area contributed by atoms with E-state index in [1.807, 2.05) is 13.0 Å². The maximum Gasteiger partial charge on any atom is 0.221 e. The molecule has 1 aromatic carbocycles. The van der Waals surface area contributed by atoms with Crippen LogP contribution in [0.3, 0.4) is 0 Å². The van der Waals surface area contributed by atoms with Gasteiger partial charge in [-0.25, -0.2) is 0 Å². The number of carbonyl (C=O) groups excluding carboxylic acids is 1. The smallest absolute Gasteiger partial charge is 0.221 e. The summed E-state index contributed by atoms with van der Waals surface area (Å²) in [6.07, 6.45) is 1.55. The number of rotatable bonds is 8. The van der Waals surface area contributed by atoms with E-state index in [1.54, 1.807) is 0 Å². The highest BCUT2D eigenvalue weighted by Gasteiger charge is 2.09. The Kier molecular flexibility index (Phi) is 7.19. The molecular formula is C16H26N2O. The van der Waals surface area contributed by atoms with Gasteiger partial charge in [0.25, 0.3) is 0 Å². The summed E-state index contributed by atoms with van der Waals surface area (Å²) in [6, 6.07) is 10.7. The molecule has 1 atom stereocenters. The van der Waals surface area contributed by atoms with E-state index in [9.17, 15) is 4.79 Å². The van der Waals surface area contributed by atoms with Gasteiger partial charge in [-0.15, -0.1) is 0 Å². The van der Waals surface area contributed by atoms with Crippen LogP contribution in [0.2, 0.25) is 0 Å². The minimum absolute atomic E-state index is 0.154. The van der Waals surface area contributed by atoms with Crippen LogP contribution in [0.5, 0.6) is 0 Å². The van der Waals surface area contributed by atoms with Gasteiger partial charge in [0.2, 0.25) is 5.91 Å². The lowest BCUT2D eigenvalue weighted by atomic mass is 10.2. The summed E-state index contributed by atoms with van der Waals surface area (Å²) < 4.78 is 0. The summed E-state index contributed by atoms with van der Waals surface area (Å²) in [4.78, 5) is 14.0. The molecular weight excluding hydrogens is 236 g/mol. The quantitative estimate of drug-likeness (QED) is 0.781. The Bertz CT molecular complexity index is 364. The Morgan fingerprint density at radius 1 is 1.26 bits per heavy atom. The van der Waals surface area contributed by atoms with Crippen LogP contribution in [0.4, 0.5) is 0 Å². The molecule has 0 aliphatic rings. The van der Waals surface area contributed by atoms with Crippen LogP contribution in [-0.4, -0.2) is 29.9 Å². The van der Waals surface area contributed by atoms with E-state index in [0.29, 0.717) is 6.42 Å². The van der Waals surface area contributed by atoms with Crippen molar-refractivity contribution < 1.29 is 4.79 Å². The molecule has 0 spiro atoms. The molecule has 0 radical (unpaired) electrons. The number of amides is 1. The van der Waals surface area contributed by atoms with Crippen LogP contribution in [0, 0.1) is 0 Å². The Morgan fingerprint density at radius 2 is 1.95 bits per heavy atom. The second kappa shape index (κ2) is 8.70. The molecule has 0 saturated heterocycles. The lowest BCUT2D eigenvalue weighted by Crippen LogP contribution is -2.35. The highest BCUT2D eigenvalue weighted by molar-refractivity contribution is 5.76. The molecule has 0 aliphatic carbocycles. The summed E-state index contributed by atoms with van der Waals surface area (Å²) in [7, 11) is 0. The van der Waals surface area contributed by atoms with Crippen LogP contribution in [0.15, 0.2) is 30.3 Å². The number of benzene rings is 1. The lowest BCUT2D eigenvalue weighted by Gasteiger charge is -2.20. The molecule has 0 heterocycles. The first kappa shape index (κ1) is 15.7. The third-order valence-corrected chi connectivity index (χ3v) is 3.37. The second-order valence-electron chi connectivity index (χ2n) is 4.98. The first-order valence-electron chi connectivity index (χ1n) is 7.21. The topological polar surface area (TPSA) is 32.3 Å². The van der Waals surface area contributed by atoms with Crippen molar-refractivity contribution in [1.29, 1.82) is 0 Å². The molecule has 3 nitrogen and oxygen atoms in total. The zero-order chi connectivity index (χ0) is 14.1. The maximum absolute atomic E-state index is 11.7. The van der Waals surface area contributed by atoms with Crippen molar-refractivity contribution in [2.45, 2.75) is 46.2 Å². The maximum atomic E-state index is 11.7. The predicted molar refractivity (Wildman–Crippen MR) is 79.9 cm³/mol. The van der Waals surface area contributed by atoms with Gasteiger partial charge in [0.15, 0.2) is 0 Å². The number of hydrogen-bond donors (Lipinski definition) is 1. The number of nitrogens with one attached hydrogen (secondary N) is 1. The number of nitrogens with zero attached hydrogens (tertiary/aromatic N) is 1. The Balaban J connectivity index is 2.35. The fraction of sp³-hybridized carbons (Fsp3) is 0.562. The van der Waals surface area contributed by atoms with Crippen LogP contribution in [-0.2, 0) is 11.3 Å². The van der Waals surface area contributed by atoms with Crippen molar-refractivity contribution in [2.24, 2.45) is 0 Å². The molecule has 0 aromatic heterocycles. The van der Waals surface area contributed by atoms with E-state index in [-0.39, 0.29) is 11.9 Å². The van der Waals surface area contributed by atoms with Crippen molar-refractivity contribution in [3.63, 3.8) is 0 Å². The average Bonchev–Trinajstić information content (AvgIpc) is 2.44. The fourth-order valence-electron chi connectivity index (χ4n) is 1.90. The molecule has 19 heavy (non-hydrogen) atoms. The molecule has 0 saturated carbocycles. The summed E-state index contributed by atoms with van der Waals surface area (Å²) in [5, 5.41) is 3.01. The molecule has 0 fully saturated rings. The molecule has 1 unspecified atom stereocenters. The Hall–Kier alpha value is -1.35. The van der Waals surface area contributed by atoms with E-state index in [0.717, 1.165) is 26.1 Å². The van der Waals surface area contributed by atoms with Gasteiger partial charge < -0.3 is 5.32 Å². The van der Waals surface area contributed by atoms with Crippen molar-refractivity contribution in [2.75, 3.05) is 13.1 Å². The monoisotopic (exact) mass is 262 g/mol. The molecule has 0 bridgehead atoms. The van der Waals surface area contributed by atoms with E-state index >= 15 is 0 Å². The van der Waals surface area contributed by atoms with Gasteiger partial charge in [0, 0.05) is 25.6 Å². The molecule has 1 rings (SSSR count). The standard InChI is InChI=1S/C16H26N2O/c1-4-14(3)17-16(19)11-12-18(5-2)13-15-9-7-6-8-10-15/h6-10,14H,4-5,11-13H2,1-3H3,(H,17,19). The van der Waals surface area contributed by atoms with Gasteiger partial charge in [-0.2, -0.15) is 0 Å². The number of carbonyl (C=O) groups is 1. The molecule has 3 heteroatoms. The highest BCUT2D eigenvalue weighted by atomic mass is 16.1. The highest BCUT2D eigenvalue weighted by Crippen LogP contribution is 2.04. The van der Waals surface area contributed by atoms with Crippen LogP contribution in [0.25, 0.3) is 0 Å². The zero-order valence-electron chi connectivity index (χ0n) is 12.4. The summed E-state index contributed by atoms with van der Waals surface area (Å²) in [6.45, 7) is 8.95. The SMILES string of the molecule is CCC(C)NC(=O)CCN(CC)Cc1ccccc1. The molecule has 1 N–H and O–H groups in total. The van der Waals surface area contributed by atoms with Gasteiger partial charge in [0.05, 0.1) is 0 Å². The predicted octanol–water partition coefficient (Wildman–Crippen LogP) is 2.81. The van der Waals surface area contributed by atoms with Gasteiger partial charge in [-0.1, -0.05) is 44.2 Å². The van der Waals surface area contributed by atoms with Crippen molar-refractivity contribution in [3.05, 3.63) is 35.9 Å². The van der Waals surface area contributed by atoms with Crippen molar-refractivity contribution >= 4 is 5.91 Å². The van der Waals surface area contributed by atoms with E-state index in [4.69, 9.17) is 0 Å².